The summed E-state index contributed by atoms with van der Waals surface area (Å²) in [5.74, 6) is -1.45. The van der Waals surface area contributed by atoms with Gasteiger partial charge in [-0.15, -0.1) is 0 Å². The van der Waals surface area contributed by atoms with Crippen LogP contribution in [0, 0.1) is 0 Å². The summed E-state index contributed by atoms with van der Waals surface area (Å²) >= 11 is 0. The van der Waals surface area contributed by atoms with Crippen LogP contribution in [-0.4, -0.2) is 48.3 Å². The molecule has 1 aliphatic rings. The molecule has 16 heavy (non-hydrogen) atoms. The molecule has 0 bridgehead atoms. The topological polar surface area (TPSA) is 82.1 Å². The van der Waals surface area contributed by atoms with E-state index in [2.05, 4.69) is 14.2 Å². The number of hydrogen-bond donors (Lipinski definition) is 1. The van der Waals surface area contributed by atoms with E-state index in [0.29, 0.717) is 0 Å². The lowest BCUT2D eigenvalue weighted by Gasteiger charge is -2.35. The van der Waals surface area contributed by atoms with E-state index >= 15 is 0 Å². The van der Waals surface area contributed by atoms with Gasteiger partial charge in [-0.1, -0.05) is 0 Å². The largest absolute Gasteiger partial charge is 0.455 e. The third kappa shape index (κ3) is 3.14. The number of ether oxygens (including phenoxy) is 3. The number of esters is 2. The third-order valence-electron chi connectivity index (χ3n) is 1.99. The molecule has 0 aromatic rings. The number of aliphatic hydroxyl groups excluding tert-OH is 1. The number of carbonyl (C=O) groups excluding carboxylic acids is 2. The first kappa shape index (κ1) is 12.9. The smallest absolute Gasteiger partial charge is 0.303 e. The quantitative estimate of drug-likeness (QED) is 0.653. The van der Waals surface area contributed by atoms with Crippen LogP contribution < -0.4 is 0 Å². The molecule has 0 spiro atoms. The Hall–Kier alpha value is -1.21. The molecule has 1 heterocycles. The van der Waals surface area contributed by atoms with E-state index in [-0.39, 0.29) is 0 Å². The molecule has 1 aliphatic heterocycles. The Kier molecular flexibility index (Phi) is 4.19. The molecule has 0 radical (unpaired) electrons. The Labute approximate surface area is 91.3 Å². The van der Waals surface area contributed by atoms with E-state index in [1.807, 2.05) is 0 Å². The van der Waals surface area contributed by atoms with Gasteiger partial charge in [0.2, 0.25) is 0 Å². The van der Waals surface area contributed by atoms with E-state index in [9.17, 15) is 19.1 Å². The number of aliphatic hydroxyl groups is 1. The van der Waals surface area contributed by atoms with Gasteiger partial charge in [-0.3, -0.25) is 9.59 Å². The summed E-state index contributed by atoms with van der Waals surface area (Å²) in [6, 6.07) is 0. The Morgan fingerprint density at radius 2 is 1.75 bits per heavy atom. The first-order valence-corrected chi connectivity index (χ1v) is 4.70. The van der Waals surface area contributed by atoms with Crippen molar-refractivity contribution in [2.75, 3.05) is 6.61 Å². The minimum atomic E-state index is -1.64. The molecule has 0 amide bonds. The number of rotatable bonds is 2. The monoisotopic (exact) mass is 236 g/mol. The van der Waals surface area contributed by atoms with Gasteiger partial charge in [0.25, 0.3) is 0 Å². The van der Waals surface area contributed by atoms with Gasteiger partial charge in [0.1, 0.15) is 0 Å². The van der Waals surface area contributed by atoms with Crippen LogP contribution in [0.2, 0.25) is 0 Å². The van der Waals surface area contributed by atoms with Crippen molar-refractivity contribution < 1.29 is 33.3 Å². The molecule has 1 saturated heterocycles. The molecule has 1 fully saturated rings. The van der Waals surface area contributed by atoms with Crippen molar-refractivity contribution >= 4 is 11.9 Å². The average molecular weight is 236 g/mol. The van der Waals surface area contributed by atoms with E-state index in [0.717, 1.165) is 13.8 Å². The minimum Gasteiger partial charge on any atom is -0.455 e. The fourth-order valence-corrected chi connectivity index (χ4v) is 1.40. The lowest BCUT2D eigenvalue weighted by molar-refractivity contribution is -0.254. The fraction of sp³-hybridized carbons (Fsp3) is 0.778. The highest BCUT2D eigenvalue weighted by Crippen LogP contribution is 2.22. The molecule has 4 atom stereocenters. The van der Waals surface area contributed by atoms with Gasteiger partial charge in [-0.05, 0) is 0 Å². The highest BCUT2D eigenvalue weighted by atomic mass is 19.1. The zero-order valence-electron chi connectivity index (χ0n) is 8.88. The average Bonchev–Trinajstić information content (AvgIpc) is 2.16. The summed E-state index contributed by atoms with van der Waals surface area (Å²) < 4.78 is 27.3. The molecule has 1 N–H and O–H groups in total. The lowest BCUT2D eigenvalue weighted by Crippen LogP contribution is -2.54. The molecule has 0 aromatic heterocycles. The summed E-state index contributed by atoms with van der Waals surface area (Å²) in [6.45, 7) is 1.77. The van der Waals surface area contributed by atoms with Gasteiger partial charge < -0.3 is 19.3 Å². The van der Waals surface area contributed by atoms with Crippen LogP contribution in [-0.2, 0) is 23.8 Å². The molecule has 1 unspecified atom stereocenters. The van der Waals surface area contributed by atoms with Crippen LogP contribution in [0.3, 0.4) is 0 Å². The molecule has 6 nitrogen and oxygen atoms in total. The van der Waals surface area contributed by atoms with Gasteiger partial charge >= 0.3 is 11.9 Å². The Morgan fingerprint density at radius 3 is 2.25 bits per heavy atom. The fourth-order valence-electron chi connectivity index (χ4n) is 1.40. The Balaban J connectivity index is 2.76. The number of hydrogen-bond acceptors (Lipinski definition) is 6. The zero-order chi connectivity index (χ0) is 12.3. The number of halogens is 1. The summed E-state index contributed by atoms with van der Waals surface area (Å²) in [7, 11) is 0. The van der Waals surface area contributed by atoms with E-state index in [1.165, 1.54) is 0 Å². The predicted molar refractivity (Wildman–Crippen MR) is 48.0 cm³/mol. The maximum absolute atomic E-state index is 13.4. The van der Waals surface area contributed by atoms with Crippen molar-refractivity contribution in [2.24, 2.45) is 0 Å². The Bertz CT molecular complexity index is 253. The SMILES string of the molecule is CC(=O)O[C@H]1[C@@H](F)COC(O)[C@@H]1OC(C)=O. The van der Waals surface area contributed by atoms with Gasteiger partial charge in [0, 0.05) is 13.8 Å². The number of alkyl halides is 1. The second kappa shape index (κ2) is 5.22. The van der Waals surface area contributed by atoms with Crippen molar-refractivity contribution in [3.8, 4) is 0 Å². The first-order chi connectivity index (χ1) is 7.41. The van der Waals surface area contributed by atoms with Crippen LogP contribution in [0.1, 0.15) is 13.8 Å². The van der Waals surface area contributed by atoms with Crippen molar-refractivity contribution in [3.05, 3.63) is 0 Å². The van der Waals surface area contributed by atoms with Gasteiger partial charge in [-0.25, -0.2) is 4.39 Å². The maximum Gasteiger partial charge on any atom is 0.303 e. The van der Waals surface area contributed by atoms with Crippen LogP contribution in [0.4, 0.5) is 4.39 Å². The van der Waals surface area contributed by atoms with Crippen molar-refractivity contribution in [3.63, 3.8) is 0 Å². The Morgan fingerprint density at radius 1 is 1.25 bits per heavy atom. The second-order valence-electron chi connectivity index (χ2n) is 3.39. The van der Waals surface area contributed by atoms with Crippen LogP contribution in [0.5, 0.6) is 0 Å². The molecule has 0 aromatic carbocycles. The third-order valence-corrected chi connectivity index (χ3v) is 1.99. The highest BCUT2D eigenvalue weighted by molar-refractivity contribution is 5.67. The summed E-state index contributed by atoms with van der Waals surface area (Å²) in [5.41, 5.74) is 0. The molecule has 0 saturated carbocycles. The molecular weight excluding hydrogens is 223 g/mol. The van der Waals surface area contributed by atoms with Crippen molar-refractivity contribution in [2.45, 2.75) is 38.5 Å². The van der Waals surface area contributed by atoms with E-state index in [1.54, 1.807) is 0 Å². The summed E-state index contributed by atoms with van der Waals surface area (Å²) in [4.78, 5) is 21.5. The molecule has 92 valence electrons. The number of carbonyl (C=O) groups is 2. The zero-order valence-corrected chi connectivity index (χ0v) is 8.88. The maximum atomic E-state index is 13.4. The normalized spacial score (nSPS) is 34.2. The molecule has 0 aliphatic carbocycles. The van der Waals surface area contributed by atoms with Crippen LogP contribution in [0.25, 0.3) is 0 Å². The highest BCUT2D eigenvalue weighted by Gasteiger charge is 2.44. The van der Waals surface area contributed by atoms with E-state index < -0.39 is 43.2 Å². The molecule has 7 heteroatoms. The summed E-state index contributed by atoms with van der Waals surface area (Å²) in [6.07, 6.45) is -5.83. The van der Waals surface area contributed by atoms with Gasteiger partial charge in [0.05, 0.1) is 6.61 Å². The standard InChI is InChI=1S/C9H13FO6/c1-4(11)15-7-6(10)3-14-9(13)8(7)16-5(2)12/h6-9,13H,3H2,1-2H3/t6-,7-,8+,9?/m0/s1. The summed E-state index contributed by atoms with van der Waals surface area (Å²) in [5, 5.41) is 9.36. The van der Waals surface area contributed by atoms with Gasteiger partial charge in [-0.2, -0.15) is 0 Å². The van der Waals surface area contributed by atoms with Crippen molar-refractivity contribution in [1.82, 2.24) is 0 Å². The first-order valence-electron chi connectivity index (χ1n) is 4.70. The van der Waals surface area contributed by atoms with Crippen LogP contribution >= 0.6 is 0 Å². The van der Waals surface area contributed by atoms with Crippen molar-refractivity contribution in [1.29, 1.82) is 0 Å². The second-order valence-corrected chi connectivity index (χ2v) is 3.39. The van der Waals surface area contributed by atoms with Crippen LogP contribution in [0.15, 0.2) is 0 Å². The predicted octanol–water partition coefficient (Wildman–Crippen LogP) is -0.464. The molecular formula is C9H13FO6. The lowest BCUT2D eigenvalue weighted by atomic mass is 10.1. The molecule has 1 rings (SSSR count). The van der Waals surface area contributed by atoms with E-state index in [4.69, 9.17) is 0 Å². The van der Waals surface area contributed by atoms with Gasteiger partial charge in [0.15, 0.2) is 24.7 Å². The minimum absolute atomic E-state index is 0.420.